The predicted molar refractivity (Wildman–Crippen MR) is 124 cm³/mol. The molecule has 0 saturated heterocycles. The summed E-state index contributed by atoms with van der Waals surface area (Å²) in [5.41, 5.74) is 5.67. The second kappa shape index (κ2) is 7.95. The van der Waals surface area contributed by atoms with E-state index >= 15 is 0 Å². The van der Waals surface area contributed by atoms with Gasteiger partial charge in [0.05, 0.1) is 23.3 Å². The lowest BCUT2D eigenvalue weighted by molar-refractivity contribution is 0.183. The van der Waals surface area contributed by atoms with Gasteiger partial charge < -0.3 is 9.15 Å². The highest BCUT2D eigenvalue weighted by Gasteiger charge is 2.22. The number of ether oxygens (including phenoxy) is 1. The van der Waals surface area contributed by atoms with Gasteiger partial charge in [-0.2, -0.15) is 20.0 Å². The molecule has 3 aromatic carbocycles. The molecule has 6 heteroatoms. The Hall–Kier alpha value is -4.37. The number of hydrogen-bond donors (Lipinski definition) is 0. The Bertz CT molecular complexity index is 1490. The number of fused-ring (bicyclic) bond motifs is 2. The number of hydrogen-bond acceptors (Lipinski definition) is 5. The minimum atomic E-state index is -0.0401. The van der Waals surface area contributed by atoms with Crippen molar-refractivity contribution in [1.82, 2.24) is 14.8 Å². The molecule has 0 fully saturated rings. The first-order valence-corrected chi connectivity index (χ1v) is 11.0. The molecule has 160 valence electrons. The maximum Gasteiger partial charge on any atom is 0.323 e. The zero-order valence-electron chi connectivity index (χ0n) is 17.8. The molecule has 0 radical (unpaired) electrons. The van der Waals surface area contributed by atoms with E-state index in [1.165, 1.54) is 5.56 Å². The highest BCUT2D eigenvalue weighted by Crippen LogP contribution is 2.35. The van der Waals surface area contributed by atoms with Crippen molar-refractivity contribution in [2.24, 2.45) is 0 Å². The molecule has 0 saturated carbocycles. The summed E-state index contributed by atoms with van der Waals surface area (Å²) in [6.07, 6.45) is 6.35. The third-order valence-electron chi connectivity index (χ3n) is 6.09. The first kappa shape index (κ1) is 19.3. The Morgan fingerprint density at radius 1 is 1.06 bits per heavy atom. The van der Waals surface area contributed by atoms with Crippen molar-refractivity contribution in [3.8, 4) is 29.1 Å². The molecule has 2 heterocycles. The quantitative estimate of drug-likeness (QED) is 0.348. The molecule has 1 aliphatic rings. The maximum atomic E-state index is 9.20. The Labute approximate surface area is 190 Å². The van der Waals surface area contributed by atoms with Crippen LogP contribution in [-0.2, 0) is 6.42 Å². The lowest BCUT2D eigenvalue weighted by Crippen LogP contribution is -2.15. The molecular weight excluding hydrogens is 412 g/mol. The molecule has 0 aliphatic heterocycles. The van der Waals surface area contributed by atoms with Crippen LogP contribution in [0.5, 0.6) is 5.75 Å². The number of aromatic nitrogens is 3. The van der Waals surface area contributed by atoms with E-state index < -0.39 is 0 Å². The van der Waals surface area contributed by atoms with Crippen LogP contribution < -0.4 is 4.74 Å². The lowest BCUT2D eigenvalue weighted by atomic mass is 9.88. The van der Waals surface area contributed by atoms with Crippen LogP contribution in [0, 0.1) is 11.3 Å². The summed E-state index contributed by atoms with van der Waals surface area (Å²) < 4.78 is 13.9. The van der Waals surface area contributed by atoms with Gasteiger partial charge in [-0.1, -0.05) is 36.4 Å². The molecule has 2 aromatic heterocycles. The molecular formula is C27H20N4O2. The van der Waals surface area contributed by atoms with Gasteiger partial charge in [0, 0.05) is 17.0 Å². The van der Waals surface area contributed by atoms with E-state index in [0.717, 1.165) is 52.7 Å². The Kier molecular flexibility index (Phi) is 4.66. The third-order valence-corrected chi connectivity index (χ3v) is 6.09. The summed E-state index contributed by atoms with van der Waals surface area (Å²) >= 11 is 0. The zero-order chi connectivity index (χ0) is 22.2. The van der Waals surface area contributed by atoms with Crippen molar-refractivity contribution in [1.29, 1.82) is 5.26 Å². The van der Waals surface area contributed by atoms with Crippen LogP contribution in [0.15, 0.2) is 83.6 Å². The summed E-state index contributed by atoms with van der Waals surface area (Å²) in [5.74, 6) is 0.765. The normalized spacial score (nSPS) is 15.2. The molecule has 0 spiro atoms. The topological polar surface area (TPSA) is 76.9 Å². The largest absolute Gasteiger partial charge is 0.486 e. The van der Waals surface area contributed by atoms with Gasteiger partial charge in [-0.25, -0.2) is 0 Å². The Morgan fingerprint density at radius 3 is 2.85 bits per heavy atom. The number of nitrogens with zero attached hydrogens (tertiary/aromatic N) is 4. The molecule has 33 heavy (non-hydrogen) atoms. The van der Waals surface area contributed by atoms with Crippen LogP contribution >= 0.6 is 0 Å². The standard InChI is InChI=1S/C27H20N4O2/c28-15-18-9-12-23-20(13-18)7-4-8-26(23)33-22-11-10-21-16-29-31(25(21)14-22)27-30-24(17-32-27)19-5-2-1-3-6-19/h1-3,5-6,9-14,16-17,26H,4,7-8H2. The van der Waals surface area contributed by atoms with E-state index in [1.807, 2.05) is 66.7 Å². The van der Waals surface area contributed by atoms with Gasteiger partial charge >= 0.3 is 6.01 Å². The smallest absolute Gasteiger partial charge is 0.323 e. The van der Waals surface area contributed by atoms with Gasteiger partial charge in [0.1, 0.15) is 23.8 Å². The minimum Gasteiger partial charge on any atom is -0.486 e. The van der Waals surface area contributed by atoms with Crippen molar-refractivity contribution in [2.75, 3.05) is 0 Å². The second-order valence-electron chi connectivity index (χ2n) is 8.18. The van der Waals surface area contributed by atoms with Crippen LogP contribution in [0.4, 0.5) is 0 Å². The summed E-state index contributed by atoms with van der Waals surface area (Å²) in [7, 11) is 0. The fraction of sp³-hybridized carbons (Fsp3) is 0.148. The second-order valence-corrected chi connectivity index (χ2v) is 8.18. The number of aryl methyl sites for hydroxylation is 1. The van der Waals surface area contributed by atoms with E-state index in [9.17, 15) is 5.26 Å². The summed E-state index contributed by atoms with van der Waals surface area (Å²) in [4.78, 5) is 4.63. The van der Waals surface area contributed by atoms with Gasteiger partial charge in [-0.15, -0.1) is 0 Å². The van der Waals surface area contributed by atoms with Gasteiger partial charge in [0.2, 0.25) is 0 Å². The highest BCUT2D eigenvalue weighted by atomic mass is 16.5. The lowest BCUT2D eigenvalue weighted by Gasteiger charge is -2.26. The fourth-order valence-corrected chi connectivity index (χ4v) is 4.45. The van der Waals surface area contributed by atoms with Crippen LogP contribution in [0.3, 0.4) is 0 Å². The summed E-state index contributed by atoms with van der Waals surface area (Å²) in [5, 5.41) is 14.7. The molecule has 1 atom stereocenters. The summed E-state index contributed by atoms with van der Waals surface area (Å²) in [6, 6.07) is 24.4. The van der Waals surface area contributed by atoms with E-state index in [4.69, 9.17) is 9.15 Å². The maximum absolute atomic E-state index is 9.20. The van der Waals surface area contributed by atoms with Crippen LogP contribution in [-0.4, -0.2) is 14.8 Å². The Morgan fingerprint density at radius 2 is 1.97 bits per heavy atom. The third kappa shape index (κ3) is 3.54. The number of nitriles is 1. The van der Waals surface area contributed by atoms with Crippen molar-refractivity contribution < 1.29 is 9.15 Å². The van der Waals surface area contributed by atoms with Gasteiger partial charge in [0.15, 0.2) is 0 Å². The summed E-state index contributed by atoms with van der Waals surface area (Å²) in [6.45, 7) is 0. The average molecular weight is 432 g/mol. The van der Waals surface area contributed by atoms with Crippen LogP contribution in [0.2, 0.25) is 0 Å². The highest BCUT2D eigenvalue weighted by molar-refractivity contribution is 5.81. The first-order chi connectivity index (χ1) is 16.3. The molecule has 1 unspecified atom stereocenters. The molecule has 0 amide bonds. The SMILES string of the molecule is N#Cc1ccc2c(c1)CCCC2Oc1ccc2cnn(-c3nc(-c4ccccc4)co3)c2c1. The van der Waals surface area contributed by atoms with Gasteiger partial charge in [0.25, 0.3) is 0 Å². The van der Waals surface area contributed by atoms with E-state index in [0.29, 0.717) is 11.6 Å². The minimum absolute atomic E-state index is 0.0401. The zero-order valence-corrected chi connectivity index (χ0v) is 17.8. The molecule has 5 aromatic rings. The van der Waals surface area contributed by atoms with Crippen LogP contribution in [0.25, 0.3) is 28.2 Å². The molecule has 1 aliphatic carbocycles. The number of oxazole rings is 1. The van der Waals surface area contributed by atoms with E-state index in [1.54, 1.807) is 17.1 Å². The number of benzene rings is 3. The van der Waals surface area contributed by atoms with Crippen molar-refractivity contribution in [3.05, 3.63) is 95.9 Å². The van der Waals surface area contributed by atoms with Crippen molar-refractivity contribution in [2.45, 2.75) is 25.4 Å². The molecule has 6 rings (SSSR count). The monoisotopic (exact) mass is 432 g/mol. The van der Waals surface area contributed by atoms with Gasteiger partial charge in [-0.3, -0.25) is 0 Å². The van der Waals surface area contributed by atoms with Crippen molar-refractivity contribution in [3.63, 3.8) is 0 Å². The van der Waals surface area contributed by atoms with Gasteiger partial charge in [-0.05, 0) is 54.7 Å². The Balaban J connectivity index is 1.32. The predicted octanol–water partition coefficient (Wildman–Crippen LogP) is 6.01. The molecule has 6 nitrogen and oxygen atoms in total. The average Bonchev–Trinajstić information content (AvgIpc) is 3.51. The van der Waals surface area contributed by atoms with Crippen LogP contribution in [0.1, 0.15) is 35.6 Å². The van der Waals surface area contributed by atoms with E-state index in [2.05, 4.69) is 16.2 Å². The fourth-order valence-electron chi connectivity index (χ4n) is 4.45. The van der Waals surface area contributed by atoms with Crippen molar-refractivity contribution >= 4 is 10.9 Å². The molecule has 0 N–H and O–H groups in total. The van der Waals surface area contributed by atoms with E-state index in [-0.39, 0.29) is 6.10 Å². The first-order valence-electron chi connectivity index (χ1n) is 11.0. The number of rotatable bonds is 4. The molecule has 0 bridgehead atoms.